The summed E-state index contributed by atoms with van der Waals surface area (Å²) in [6, 6.07) is 13.2. The van der Waals surface area contributed by atoms with Gasteiger partial charge in [-0.3, -0.25) is 0 Å². The summed E-state index contributed by atoms with van der Waals surface area (Å²) in [5, 5.41) is 1.07. The number of rotatable bonds is 1. The zero-order chi connectivity index (χ0) is 18.4. The van der Waals surface area contributed by atoms with Crippen molar-refractivity contribution >= 4 is 22.4 Å². The molecule has 0 spiro atoms. The lowest BCUT2D eigenvalue weighted by atomic mass is 9.84. The van der Waals surface area contributed by atoms with Crippen molar-refractivity contribution in [1.29, 1.82) is 0 Å². The molecule has 0 saturated carbocycles. The minimum absolute atomic E-state index is 0.0886. The summed E-state index contributed by atoms with van der Waals surface area (Å²) in [7, 11) is 0. The normalized spacial score (nSPS) is 12.6. The fourth-order valence-corrected chi connectivity index (χ4v) is 3.13. The number of alkyl halides is 3. The Kier molecular flexibility index (Phi) is 4.28. The molecule has 0 atom stereocenters. The third kappa shape index (κ3) is 3.36. The number of nitrogens with zero attached hydrogens (tertiary/aromatic N) is 1. The third-order valence-electron chi connectivity index (χ3n) is 4.06. The predicted molar refractivity (Wildman–Crippen MR) is 95.9 cm³/mol. The topological polar surface area (TPSA) is 12.9 Å². The first-order valence-electron chi connectivity index (χ1n) is 7.85. The Balaban J connectivity index is 2.43. The van der Waals surface area contributed by atoms with Crippen molar-refractivity contribution in [2.45, 2.75) is 32.4 Å². The Morgan fingerprint density at radius 1 is 0.880 bits per heavy atom. The summed E-state index contributed by atoms with van der Waals surface area (Å²) >= 11 is 6.27. The van der Waals surface area contributed by atoms with Gasteiger partial charge in [-0.2, -0.15) is 13.2 Å². The second-order valence-corrected chi connectivity index (χ2v) is 7.36. The van der Waals surface area contributed by atoms with Crippen LogP contribution in [-0.2, 0) is 11.6 Å². The van der Waals surface area contributed by atoms with Crippen LogP contribution in [0.1, 0.15) is 32.0 Å². The highest BCUT2D eigenvalue weighted by molar-refractivity contribution is 6.35. The predicted octanol–water partition coefficient (Wildman–Crippen LogP) is 6.87. The lowest BCUT2D eigenvalue weighted by molar-refractivity contribution is -0.137. The van der Waals surface area contributed by atoms with E-state index in [1.165, 1.54) is 6.07 Å². The molecule has 0 bridgehead atoms. The van der Waals surface area contributed by atoms with Gasteiger partial charge in [-0.15, -0.1) is 0 Å². The number of pyridine rings is 1. The third-order valence-corrected chi connectivity index (χ3v) is 4.35. The zero-order valence-corrected chi connectivity index (χ0v) is 14.8. The van der Waals surface area contributed by atoms with Crippen LogP contribution >= 0.6 is 11.6 Å². The standard InChI is InChI=1S/C20H17ClF3N/c1-19(2,3)17-16(12-7-5-4-6-8-12)14-10-9-13(20(22,23)24)11-15(14)18(21)25-17/h4-11H,1-3H3. The molecule has 0 saturated heterocycles. The van der Waals surface area contributed by atoms with E-state index in [4.69, 9.17) is 11.6 Å². The van der Waals surface area contributed by atoms with E-state index in [0.717, 1.165) is 29.0 Å². The van der Waals surface area contributed by atoms with E-state index in [2.05, 4.69) is 4.98 Å². The van der Waals surface area contributed by atoms with Gasteiger partial charge in [-0.05, 0) is 23.1 Å². The summed E-state index contributed by atoms with van der Waals surface area (Å²) < 4.78 is 39.2. The van der Waals surface area contributed by atoms with Gasteiger partial charge in [0.2, 0.25) is 0 Å². The van der Waals surface area contributed by atoms with Crippen molar-refractivity contribution < 1.29 is 13.2 Å². The Labute approximate surface area is 149 Å². The average Bonchev–Trinajstić information content (AvgIpc) is 2.53. The van der Waals surface area contributed by atoms with E-state index in [1.54, 1.807) is 0 Å². The molecule has 130 valence electrons. The van der Waals surface area contributed by atoms with Gasteiger partial charge >= 0.3 is 6.18 Å². The molecular formula is C20H17ClF3N. The maximum absolute atomic E-state index is 13.1. The summed E-state index contributed by atoms with van der Waals surface area (Å²) in [6.07, 6.45) is -4.42. The van der Waals surface area contributed by atoms with Gasteiger partial charge in [0.25, 0.3) is 0 Å². The highest BCUT2D eigenvalue weighted by Crippen LogP contribution is 2.41. The molecule has 1 nitrogen and oxygen atoms in total. The lowest BCUT2D eigenvalue weighted by Gasteiger charge is -2.24. The number of halogens is 4. The fraction of sp³-hybridized carbons (Fsp3) is 0.250. The summed E-state index contributed by atoms with van der Waals surface area (Å²) in [4.78, 5) is 4.47. The molecule has 0 aliphatic carbocycles. The maximum atomic E-state index is 13.1. The minimum Gasteiger partial charge on any atom is -0.239 e. The van der Waals surface area contributed by atoms with Crippen molar-refractivity contribution in [3.63, 3.8) is 0 Å². The molecule has 0 aliphatic heterocycles. The number of fused-ring (bicyclic) bond motifs is 1. The van der Waals surface area contributed by atoms with Crippen molar-refractivity contribution in [3.05, 3.63) is 64.9 Å². The molecule has 1 aromatic heterocycles. The average molecular weight is 364 g/mol. The Hall–Kier alpha value is -2.07. The van der Waals surface area contributed by atoms with Crippen LogP contribution in [0.3, 0.4) is 0 Å². The van der Waals surface area contributed by atoms with Gasteiger partial charge in [0.1, 0.15) is 5.15 Å². The molecule has 0 fully saturated rings. The van der Waals surface area contributed by atoms with Crippen LogP contribution < -0.4 is 0 Å². The van der Waals surface area contributed by atoms with Crippen molar-refractivity contribution in [2.24, 2.45) is 0 Å². The van der Waals surface area contributed by atoms with Gasteiger partial charge in [0.15, 0.2) is 0 Å². The largest absolute Gasteiger partial charge is 0.416 e. The van der Waals surface area contributed by atoms with Crippen LogP contribution in [0.5, 0.6) is 0 Å². The van der Waals surface area contributed by atoms with Gasteiger partial charge in [-0.1, -0.05) is 68.8 Å². The van der Waals surface area contributed by atoms with E-state index in [-0.39, 0.29) is 10.6 Å². The van der Waals surface area contributed by atoms with E-state index in [0.29, 0.717) is 10.8 Å². The van der Waals surface area contributed by atoms with Crippen molar-refractivity contribution in [2.75, 3.05) is 0 Å². The van der Waals surface area contributed by atoms with Crippen molar-refractivity contribution in [1.82, 2.24) is 4.98 Å². The molecule has 2 aromatic carbocycles. The first-order chi connectivity index (χ1) is 11.6. The van der Waals surface area contributed by atoms with Gasteiger partial charge in [-0.25, -0.2) is 4.98 Å². The first-order valence-corrected chi connectivity index (χ1v) is 8.23. The quantitative estimate of drug-likeness (QED) is 0.430. The van der Waals surface area contributed by atoms with Crippen LogP contribution in [-0.4, -0.2) is 4.98 Å². The fourth-order valence-electron chi connectivity index (χ4n) is 2.89. The molecular weight excluding hydrogens is 347 g/mol. The van der Waals surface area contributed by atoms with Gasteiger partial charge in [0.05, 0.1) is 11.3 Å². The van der Waals surface area contributed by atoms with E-state index in [1.807, 2.05) is 51.1 Å². The molecule has 3 rings (SSSR count). The van der Waals surface area contributed by atoms with Crippen molar-refractivity contribution in [3.8, 4) is 11.1 Å². The minimum atomic E-state index is -4.42. The molecule has 3 aromatic rings. The highest BCUT2D eigenvalue weighted by Gasteiger charge is 2.32. The first kappa shape index (κ1) is 17.7. The molecule has 0 aliphatic rings. The number of benzene rings is 2. The Morgan fingerprint density at radius 3 is 2.08 bits per heavy atom. The summed E-state index contributed by atoms with van der Waals surface area (Å²) in [5.41, 5.74) is 1.44. The molecule has 0 N–H and O–H groups in total. The SMILES string of the molecule is CC(C)(C)c1nc(Cl)c2cc(C(F)(F)F)ccc2c1-c1ccccc1. The van der Waals surface area contributed by atoms with E-state index < -0.39 is 11.7 Å². The molecule has 25 heavy (non-hydrogen) atoms. The smallest absolute Gasteiger partial charge is 0.239 e. The maximum Gasteiger partial charge on any atom is 0.416 e. The van der Waals surface area contributed by atoms with Crippen LogP contribution in [0.2, 0.25) is 5.15 Å². The number of aromatic nitrogens is 1. The van der Waals surface area contributed by atoms with Crippen LogP contribution in [0.4, 0.5) is 13.2 Å². The number of hydrogen-bond donors (Lipinski definition) is 0. The van der Waals surface area contributed by atoms with Crippen LogP contribution in [0.15, 0.2) is 48.5 Å². The molecule has 0 radical (unpaired) electrons. The lowest BCUT2D eigenvalue weighted by Crippen LogP contribution is -2.16. The summed E-state index contributed by atoms with van der Waals surface area (Å²) in [5.74, 6) is 0. The highest BCUT2D eigenvalue weighted by atomic mass is 35.5. The Morgan fingerprint density at radius 2 is 1.52 bits per heavy atom. The summed E-state index contributed by atoms with van der Waals surface area (Å²) in [6.45, 7) is 6.02. The van der Waals surface area contributed by atoms with E-state index >= 15 is 0 Å². The molecule has 0 amide bonds. The molecule has 0 unspecified atom stereocenters. The van der Waals surface area contributed by atoms with Crippen LogP contribution in [0, 0.1) is 0 Å². The zero-order valence-electron chi connectivity index (χ0n) is 14.1. The molecule has 5 heteroatoms. The second kappa shape index (κ2) is 6.03. The second-order valence-electron chi connectivity index (χ2n) is 7.00. The monoisotopic (exact) mass is 363 g/mol. The number of hydrogen-bond acceptors (Lipinski definition) is 1. The van der Waals surface area contributed by atoms with Crippen LogP contribution in [0.25, 0.3) is 21.9 Å². The van der Waals surface area contributed by atoms with Gasteiger partial charge in [0, 0.05) is 16.4 Å². The molecule has 1 heterocycles. The Bertz CT molecular complexity index is 926. The van der Waals surface area contributed by atoms with E-state index in [9.17, 15) is 13.2 Å². The van der Waals surface area contributed by atoms with Gasteiger partial charge < -0.3 is 0 Å².